The first-order chi connectivity index (χ1) is 6.65. The number of rotatable bonds is 2. The Morgan fingerprint density at radius 1 is 1.36 bits per heavy atom. The van der Waals surface area contributed by atoms with Crippen molar-refractivity contribution in [2.75, 3.05) is 20.3 Å². The molecule has 2 saturated heterocycles. The summed E-state index contributed by atoms with van der Waals surface area (Å²) in [5, 5.41) is 0. The first kappa shape index (κ1) is 10.3. The largest absolute Gasteiger partial charge is 0.377 e. The third kappa shape index (κ3) is 1.66. The number of hydrogen-bond acceptors (Lipinski definition) is 5. The lowest BCUT2D eigenvalue weighted by atomic mass is 9.86. The van der Waals surface area contributed by atoms with Gasteiger partial charge in [-0.2, -0.15) is 0 Å². The second-order valence-electron chi connectivity index (χ2n) is 4.20. The van der Waals surface area contributed by atoms with Crippen LogP contribution in [0.25, 0.3) is 0 Å². The molecule has 0 bridgehead atoms. The summed E-state index contributed by atoms with van der Waals surface area (Å²) in [4.78, 5) is 0. The average molecular weight is 202 g/mol. The fourth-order valence-corrected chi connectivity index (χ4v) is 1.99. The second-order valence-corrected chi connectivity index (χ2v) is 4.20. The van der Waals surface area contributed by atoms with Gasteiger partial charge in [0, 0.05) is 7.11 Å². The molecule has 5 nitrogen and oxygen atoms in total. The quantitative estimate of drug-likeness (QED) is 0.612. The molecular formula is C9H18N2O3. The smallest absolute Gasteiger partial charge is 0.172 e. The number of nitrogens with two attached hydrogens (primary N) is 2. The highest BCUT2D eigenvalue weighted by Crippen LogP contribution is 2.29. The first-order valence-electron chi connectivity index (χ1n) is 4.96. The van der Waals surface area contributed by atoms with Crippen molar-refractivity contribution in [2.45, 2.75) is 36.8 Å². The van der Waals surface area contributed by atoms with Crippen LogP contribution in [0.5, 0.6) is 0 Å². The highest BCUT2D eigenvalue weighted by molar-refractivity contribution is 5.00. The normalized spacial score (nSPS) is 41.8. The van der Waals surface area contributed by atoms with Crippen molar-refractivity contribution < 1.29 is 14.2 Å². The van der Waals surface area contributed by atoms with Crippen molar-refractivity contribution in [3.63, 3.8) is 0 Å². The van der Waals surface area contributed by atoms with Gasteiger partial charge in [0.1, 0.15) is 0 Å². The van der Waals surface area contributed by atoms with E-state index < -0.39 is 0 Å². The molecule has 4 N–H and O–H groups in total. The molecule has 0 spiro atoms. The summed E-state index contributed by atoms with van der Waals surface area (Å²) in [5.74, 6) is 0. The Kier molecular flexibility index (Phi) is 2.77. The zero-order valence-electron chi connectivity index (χ0n) is 8.44. The topological polar surface area (TPSA) is 79.7 Å². The van der Waals surface area contributed by atoms with Crippen molar-refractivity contribution >= 4 is 0 Å². The Morgan fingerprint density at radius 3 is 2.57 bits per heavy atom. The predicted molar refractivity (Wildman–Crippen MR) is 50.6 cm³/mol. The molecule has 2 heterocycles. The van der Waals surface area contributed by atoms with E-state index in [1.807, 2.05) is 0 Å². The Morgan fingerprint density at radius 2 is 2.07 bits per heavy atom. The molecule has 82 valence electrons. The SMILES string of the molecule is CO[C@H]1OC(C2(N)COC2)CC[C@H]1N. The monoisotopic (exact) mass is 202 g/mol. The number of methoxy groups -OCH3 is 1. The maximum Gasteiger partial charge on any atom is 0.172 e. The second kappa shape index (κ2) is 3.75. The van der Waals surface area contributed by atoms with E-state index in [2.05, 4.69) is 0 Å². The van der Waals surface area contributed by atoms with Crippen LogP contribution in [-0.2, 0) is 14.2 Å². The van der Waals surface area contributed by atoms with E-state index in [9.17, 15) is 0 Å². The maximum atomic E-state index is 6.09. The summed E-state index contributed by atoms with van der Waals surface area (Å²) in [7, 11) is 1.60. The molecule has 0 aromatic heterocycles. The molecule has 0 saturated carbocycles. The molecule has 2 fully saturated rings. The minimum atomic E-state index is -0.324. The van der Waals surface area contributed by atoms with Crippen LogP contribution in [0.15, 0.2) is 0 Å². The Bertz CT molecular complexity index is 208. The molecule has 3 atom stereocenters. The summed E-state index contributed by atoms with van der Waals surface area (Å²) in [5.41, 5.74) is 11.6. The highest BCUT2D eigenvalue weighted by Gasteiger charge is 2.46. The molecule has 0 aliphatic carbocycles. The molecule has 2 rings (SSSR count). The van der Waals surface area contributed by atoms with Crippen LogP contribution in [0.1, 0.15) is 12.8 Å². The van der Waals surface area contributed by atoms with E-state index in [1.54, 1.807) is 7.11 Å². The van der Waals surface area contributed by atoms with Gasteiger partial charge in [-0.1, -0.05) is 0 Å². The van der Waals surface area contributed by atoms with Crippen LogP contribution in [0.3, 0.4) is 0 Å². The molecule has 0 aromatic carbocycles. The summed E-state index contributed by atoms with van der Waals surface area (Å²) in [6, 6.07) is -0.0409. The highest BCUT2D eigenvalue weighted by atomic mass is 16.7. The fraction of sp³-hybridized carbons (Fsp3) is 1.00. The molecule has 0 aromatic rings. The molecule has 1 unspecified atom stereocenters. The standard InChI is InChI=1S/C9H18N2O3/c1-12-8-6(10)2-3-7(14-8)9(11)4-13-5-9/h6-8H,2-5,10-11H2,1H3/t6-,7?,8+/m1/s1. The van der Waals surface area contributed by atoms with Gasteiger partial charge < -0.3 is 25.7 Å². The Hall–Kier alpha value is -0.200. The molecule has 5 heteroatoms. The van der Waals surface area contributed by atoms with Gasteiger partial charge in [0.2, 0.25) is 0 Å². The minimum absolute atomic E-state index is 0.0148. The zero-order chi connectivity index (χ0) is 10.2. The predicted octanol–water partition coefficient (Wildman–Crippen LogP) is -0.807. The molecular weight excluding hydrogens is 184 g/mol. The minimum Gasteiger partial charge on any atom is -0.377 e. The third-order valence-electron chi connectivity index (χ3n) is 3.03. The van der Waals surface area contributed by atoms with E-state index in [0.717, 1.165) is 12.8 Å². The lowest BCUT2D eigenvalue weighted by Crippen LogP contribution is -2.68. The zero-order valence-corrected chi connectivity index (χ0v) is 8.44. The van der Waals surface area contributed by atoms with Crippen LogP contribution in [0.2, 0.25) is 0 Å². The van der Waals surface area contributed by atoms with Gasteiger partial charge in [-0.25, -0.2) is 0 Å². The number of ether oxygens (including phenoxy) is 3. The van der Waals surface area contributed by atoms with E-state index in [0.29, 0.717) is 13.2 Å². The van der Waals surface area contributed by atoms with Gasteiger partial charge in [0.25, 0.3) is 0 Å². The van der Waals surface area contributed by atoms with E-state index in [-0.39, 0.29) is 24.0 Å². The summed E-state index contributed by atoms with van der Waals surface area (Å²) < 4.78 is 16.0. The van der Waals surface area contributed by atoms with Crippen molar-refractivity contribution in [3.05, 3.63) is 0 Å². The van der Waals surface area contributed by atoms with Crippen LogP contribution in [0.4, 0.5) is 0 Å². The Balaban J connectivity index is 1.95. The van der Waals surface area contributed by atoms with Crippen LogP contribution >= 0.6 is 0 Å². The van der Waals surface area contributed by atoms with Crippen molar-refractivity contribution in [1.82, 2.24) is 0 Å². The molecule has 2 aliphatic heterocycles. The first-order valence-corrected chi connectivity index (χ1v) is 4.96. The molecule has 0 amide bonds. The van der Waals surface area contributed by atoms with Crippen LogP contribution in [-0.4, -0.2) is 44.3 Å². The Labute approximate surface area is 83.7 Å². The van der Waals surface area contributed by atoms with E-state index in [4.69, 9.17) is 25.7 Å². The van der Waals surface area contributed by atoms with Gasteiger partial charge >= 0.3 is 0 Å². The lowest BCUT2D eigenvalue weighted by Gasteiger charge is -2.47. The van der Waals surface area contributed by atoms with Crippen molar-refractivity contribution in [3.8, 4) is 0 Å². The van der Waals surface area contributed by atoms with Gasteiger partial charge in [-0.15, -0.1) is 0 Å². The maximum absolute atomic E-state index is 6.09. The van der Waals surface area contributed by atoms with Gasteiger partial charge in [0.05, 0.1) is 30.9 Å². The average Bonchev–Trinajstić information content (AvgIpc) is 2.15. The van der Waals surface area contributed by atoms with Gasteiger partial charge in [-0.3, -0.25) is 0 Å². The lowest BCUT2D eigenvalue weighted by molar-refractivity contribution is -0.234. The van der Waals surface area contributed by atoms with E-state index >= 15 is 0 Å². The van der Waals surface area contributed by atoms with Crippen molar-refractivity contribution in [1.29, 1.82) is 0 Å². The summed E-state index contributed by atoms with van der Waals surface area (Å²) >= 11 is 0. The van der Waals surface area contributed by atoms with Crippen molar-refractivity contribution in [2.24, 2.45) is 11.5 Å². The fourth-order valence-electron chi connectivity index (χ4n) is 1.99. The van der Waals surface area contributed by atoms with Gasteiger partial charge in [0.15, 0.2) is 6.29 Å². The van der Waals surface area contributed by atoms with Crippen LogP contribution in [0, 0.1) is 0 Å². The van der Waals surface area contributed by atoms with Gasteiger partial charge in [-0.05, 0) is 12.8 Å². The summed E-state index contributed by atoms with van der Waals surface area (Å²) in [6.07, 6.45) is 1.47. The van der Waals surface area contributed by atoms with Crippen LogP contribution < -0.4 is 11.5 Å². The molecule has 2 aliphatic rings. The van der Waals surface area contributed by atoms with E-state index in [1.165, 1.54) is 0 Å². The number of hydrogen-bond donors (Lipinski definition) is 2. The molecule has 0 radical (unpaired) electrons. The molecule has 14 heavy (non-hydrogen) atoms. The summed E-state index contributed by atoms with van der Waals surface area (Å²) in [6.45, 7) is 1.15. The third-order valence-corrected chi connectivity index (χ3v) is 3.03.